The number of hydrogen-bond donors (Lipinski definition) is 2. The van der Waals surface area contributed by atoms with Gasteiger partial charge in [0.05, 0.1) is 14.2 Å². The topological polar surface area (TPSA) is 68.3 Å². The highest BCUT2D eigenvalue weighted by Gasteiger charge is 2.08. The van der Waals surface area contributed by atoms with Gasteiger partial charge in [-0.2, -0.15) is 0 Å². The molecule has 0 atom stereocenters. The average Bonchev–Trinajstić information content (AvgIpc) is 2.26. The first-order valence-corrected chi connectivity index (χ1v) is 5.75. The summed E-state index contributed by atoms with van der Waals surface area (Å²) in [5.74, 6) is 2.09. The lowest BCUT2D eigenvalue weighted by Gasteiger charge is -2.12. The second-order valence-electron chi connectivity index (χ2n) is 3.29. The fourth-order valence-electron chi connectivity index (χ4n) is 1.33. The van der Waals surface area contributed by atoms with E-state index in [1.165, 1.54) is 11.8 Å². The third kappa shape index (κ3) is 4.36. The van der Waals surface area contributed by atoms with Gasteiger partial charge in [-0.15, -0.1) is 12.4 Å². The van der Waals surface area contributed by atoms with Crippen LogP contribution in [0.15, 0.2) is 12.1 Å². The van der Waals surface area contributed by atoms with E-state index in [9.17, 15) is 0 Å². The molecule has 1 rings (SSSR count). The Morgan fingerprint density at radius 3 is 2.29 bits per heavy atom. The summed E-state index contributed by atoms with van der Waals surface area (Å²) in [6.45, 7) is 2.00. The molecule has 0 heterocycles. The van der Waals surface area contributed by atoms with Crippen molar-refractivity contribution in [3.63, 3.8) is 0 Å². The van der Waals surface area contributed by atoms with Gasteiger partial charge in [-0.3, -0.25) is 5.41 Å². The van der Waals surface area contributed by atoms with Gasteiger partial charge in [0.1, 0.15) is 0 Å². The van der Waals surface area contributed by atoms with E-state index in [2.05, 4.69) is 0 Å². The number of benzene rings is 1. The minimum atomic E-state index is 0. The first-order chi connectivity index (χ1) is 7.58. The maximum Gasteiger partial charge on any atom is 0.161 e. The van der Waals surface area contributed by atoms with E-state index in [1.807, 2.05) is 19.1 Å². The van der Waals surface area contributed by atoms with E-state index in [4.69, 9.17) is 20.6 Å². The first-order valence-electron chi connectivity index (χ1n) is 4.76. The number of aryl methyl sites for hydroxylation is 1. The van der Waals surface area contributed by atoms with Crippen molar-refractivity contribution in [2.24, 2.45) is 5.73 Å². The average molecular weight is 277 g/mol. The molecule has 0 aliphatic rings. The van der Waals surface area contributed by atoms with Crippen LogP contribution in [0.3, 0.4) is 0 Å². The van der Waals surface area contributed by atoms with Crippen molar-refractivity contribution in [3.8, 4) is 11.5 Å². The number of ether oxygens (including phenoxy) is 2. The first kappa shape index (κ1) is 15.9. The Hall–Kier alpha value is -1.07. The summed E-state index contributed by atoms with van der Waals surface area (Å²) in [4.78, 5) is 0. The summed E-state index contributed by atoms with van der Waals surface area (Å²) in [6, 6.07) is 3.85. The molecule has 0 aromatic heterocycles. The van der Waals surface area contributed by atoms with E-state index in [-0.39, 0.29) is 17.6 Å². The largest absolute Gasteiger partial charge is 0.493 e. The Labute approximate surface area is 112 Å². The lowest BCUT2D eigenvalue weighted by molar-refractivity contribution is 0.354. The zero-order valence-corrected chi connectivity index (χ0v) is 11.7. The zero-order valence-electron chi connectivity index (χ0n) is 10.1. The van der Waals surface area contributed by atoms with Crippen molar-refractivity contribution in [2.75, 3.05) is 14.2 Å². The molecular formula is C11H17ClN2O2S. The van der Waals surface area contributed by atoms with Gasteiger partial charge >= 0.3 is 0 Å². The van der Waals surface area contributed by atoms with Crippen molar-refractivity contribution in [1.82, 2.24) is 0 Å². The lowest BCUT2D eigenvalue weighted by Crippen LogP contribution is -2.04. The van der Waals surface area contributed by atoms with Gasteiger partial charge in [-0.25, -0.2) is 0 Å². The van der Waals surface area contributed by atoms with Crippen LogP contribution < -0.4 is 15.2 Å². The molecular weight excluding hydrogens is 260 g/mol. The molecule has 0 saturated heterocycles. The van der Waals surface area contributed by atoms with Gasteiger partial charge in [-0.05, 0) is 30.2 Å². The van der Waals surface area contributed by atoms with Crippen LogP contribution in [-0.2, 0) is 5.75 Å². The Morgan fingerprint density at radius 1 is 1.29 bits per heavy atom. The monoisotopic (exact) mass is 276 g/mol. The Balaban J connectivity index is 0.00000256. The van der Waals surface area contributed by atoms with Gasteiger partial charge in [0.15, 0.2) is 16.7 Å². The van der Waals surface area contributed by atoms with E-state index < -0.39 is 0 Å². The van der Waals surface area contributed by atoms with Crippen LogP contribution in [0.5, 0.6) is 11.5 Å². The SMILES string of the molecule is COc1cc(C)c(CSC(=N)N)cc1OC.Cl. The van der Waals surface area contributed by atoms with Crippen molar-refractivity contribution >= 4 is 29.3 Å². The van der Waals surface area contributed by atoms with Crippen molar-refractivity contribution in [3.05, 3.63) is 23.3 Å². The number of nitrogens with two attached hydrogens (primary N) is 1. The number of methoxy groups -OCH3 is 2. The number of nitrogens with one attached hydrogen (secondary N) is 1. The highest BCUT2D eigenvalue weighted by molar-refractivity contribution is 8.13. The normalized spacial score (nSPS) is 9.35. The molecule has 4 nitrogen and oxygen atoms in total. The zero-order chi connectivity index (χ0) is 12.1. The number of halogens is 1. The quantitative estimate of drug-likeness (QED) is 0.655. The van der Waals surface area contributed by atoms with Crippen LogP contribution in [-0.4, -0.2) is 19.4 Å². The number of thioether (sulfide) groups is 1. The maximum absolute atomic E-state index is 7.18. The van der Waals surface area contributed by atoms with Gasteiger partial charge in [0.25, 0.3) is 0 Å². The standard InChI is InChI=1S/C11H16N2O2S.ClH/c1-7-4-9(14-2)10(15-3)5-8(7)6-16-11(12)13;/h4-5H,6H2,1-3H3,(H3,12,13);1H. The molecule has 0 saturated carbocycles. The number of rotatable bonds is 4. The molecule has 0 bridgehead atoms. The van der Waals surface area contributed by atoms with Gasteiger partial charge in [0, 0.05) is 5.75 Å². The van der Waals surface area contributed by atoms with Crippen molar-refractivity contribution < 1.29 is 9.47 Å². The van der Waals surface area contributed by atoms with Crippen LogP contribution in [0.1, 0.15) is 11.1 Å². The van der Waals surface area contributed by atoms with E-state index in [1.54, 1.807) is 14.2 Å². The molecule has 3 N–H and O–H groups in total. The fourth-order valence-corrected chi connectivity index (χ4v) is 1.96. The van der Waals surface area contributed by atoms with Crippen molar-refractivity contribution in [1.29, 1.82) is 5.41 Å². The van der Waals surface area contributed by atoms with E-state index in [0.29, 0.717) is 11.5 Å². The Bertz CT molecular complexity index is 399. The molecule has 0 fully saturated rings. The lowest BCUT2D eigenvalue weighted by atomic mass is 10.1. The van der Waals surface area contributed by atoms with Crippen LogP contribution in [0, 0.1) is 12.3 Å². The van der Waals surface area contributed by atoms with Crippen LogP contribution in [0.4, 0.5) is 0 Å². The fraction of sp³-hybridized carbons (Fsp3) is 0.364. The van der Waals surface area contributed by atoms with Gasteiger partial charge in [-0.1, -0.05) is 11.8 Å². The number of amidine groups is 1. The molecule has 96 valence electrons. The smallest absolute Gasteiger partial charge is 0.161 e. The third-order valence-corrected chi connectivity index (χ3v) is 2.99. The Kier molecular flexibility index (Phi) is 6.83. The molecule has 1 aromatic carbocycles. The summed E-state index contributed by atoms with van der Waals surface area (Å²) >= 11 is 1.30. The number of hydrogen-bond acceptors (Lipinski definition) is 4. The summed E-state index contributed by atoms with van der Waals surface area (Å²) < 4.78 is 10.4. The molecule has 6 heteroatoms. The molecule has 0 amide bonds. The van der Waals surface area contributed by atoms with Gasteiger partial charge in [0.2, 0.25) is 0 Å². The van der Waals surface area contributed by atoms with Crippen LogP contribution >= 0.6 is 24.2 Å². The third-order valence-electron chi connectivity index (χ3n) is 2.23. The highest BCUT2D eigenvalue weighted by Crippen LogP contribution is 2.31. The molecule has 0 radical (unpaired) electrons. The predicted octanol–water partition coefficient (Wildman–Crippen LogP) is 2.56. The molecule has 0 aliphatic carbocycles. The summed E-state index contributed by atoms with van der Waals surface area (Å²) in [7, 11) is 3.22. The van der Waals surface area contributed by atoms with Crippen LogP contribution in [0.2, 0.25) is 0 Å². The second-order valence-corrected chi connectivity index (χ2v) is 4.30. The van der Waals surface area contributed by atoms with E-state index >= 15 is 0 Å². The summed E-state index contributed by atoms with van der Waals surface area (Å²) in [5.41, 5.74) is 7.51. The molecule has 1 aromatic rings. The highest BCUT2D eigenvalue weighted by atomic mass is 35.5. The molecule has 0 unspecified atom stereocenters. The molecule has 0 aliphatic heterocycles. The van der Waals surface area contributed by atoms with Crippen LogP contribution in [0.25, 0.3) is 0 Å². The van der Waals surface area contributed by atoms with Crippen molar-refractivity contribution in [2.45, 2.75) is 12.7 Å². The van der Waals surface area contributed by atoms with Gasteiger partial charge < -0.3 is 15.2 Å². The van der Waals surface area contributed by atoms with E-state index in [0.717, 1.165) is 16.9 Å². The minimum absolute atomic E-state index is 0. The molecule has 17 heavy (non-hydrogen) atoms. The summed E-state index contributed by atoms with van der Waals surface area (Å²) in [5, 5.41) is 7.30. The predicted molar refractivity (Wildman–Crippen MR) is 74.7 cm³/mol. The summed E-state index contributed by atoms with van der Waals surface area (Å²) in [6.07, 6.45) is 0. The minimum Gasteiger partial charge on any atom is -0.493 e. The maximum atomic E-state index is 7.18. The molecule has 0 spiro atoms. The second kappa shape index (κ2) is 7.29. The Morgan fingerprint density at radius 2 is 1.82 bits per heavy atom.